The molecular formula is C18H21ClN4O4. The van der Waals surface area contributed by atoms with E-state index in [0.717, 1.165) is 5.56 Å². The Morgan fingerprint density at radius 2 is 2.22 bits per heavy atom. The van der Waals surface area contributed by atoms with Gasteiger partial charge in [0.15, 0.2) is 5.69 Å². The van der Waals surface area contributed by atoms with Crippen LogP contribution in [0.15, 0.2) is 29.1 Å². The molecule has 1 aliphatic rings. The summed E-state index contributed by atoms with van der Waals surface area (Å²) in [7, 11) is 3.41. The number of carbonyl (C=O) groups is 1. The molecule has 1 atom stereocenters. The number of hydrogen-bond acceptors (Lipinski definition) is 6. The maximum Gasteiger partial charge on any atom is 0.296 e. The summed E-state index contributed by atoms with van der Waals surface area (Å²) in [5, 5.41) is 13.4. The van der Waals surface area contributed by atoms with E-state index in [1.54, 1.807) is 18.2 Å². The van der Waals surface area contributed by atoms with Gasteiger partial charge in [0.05, 0.1) is 19.3 Å². The Morgan fingerprint density at radius 3 is 2.93 bits per heavy atom. The number of benzene rings is 1. The Morgan fingerprint density at radius 1 is 1.44 bits per heavy atom. The minimum Gasteiger partial charge on any atom is -0.501 e. The highest BCUT2D eigenvalue weighted by molar-refractivity contribution is 6.30. The summed E-state index contributed by atoms with van der Waals surface area (Å²) in [6.07, 6.45) is 0. The first-order valence-electron chi connectivity index (χ1n) is 8.49. The number of likely N-dealkylation sites (N-methyl/N-ethyl adjacent to an activating group) is 1. The van der Waals surface area contributed by atoms with Crippen molar-refractivity contribution in [3.63, 3.8) is 0 Å². The van der Waals surface area contributed by atoms with Gasteiger partial charge in [-0.1, -0.05) is 23.7 Å². The van der Waals surface area contributed by atoms with Crippen molar-refractivity contribution in [3.05, 3.63) is 56.7 Å². The van der Waals surface area contributed by atoms with Crippen molar-refractivity contribution in [1.29, 1.82) is 0 Å². The second-order valence-corrected chi connectivity index (χ2v) is 6.85. The molecule has 9 heteroatoms. The molecule has 0 bridgehead atoms. The second-order valence-electron chi connectivity index (χ2n) is 6.42. The summed E-state index contributed by atoms with van der Waals surface area (Å²) in [4.78, 5) is 31.2. The van der Waals surface area contributed by atoms with Crippen molar-refractivity contribution >= 4 is 17.5 Å². The third kappa shape index (κ3) is 4.13. The summed E-state index contributed by atoms with van der Waals surface area (Å²) in [6.45, 7) is 1.81. The topological polar surface area (TPSA) is 96.7 Å². The van der Waals surface area contributed by atoms with E-state index < -0.39 is 17.2 Å². The highest BCUT2D eigenvalue weighted by Gasteiger charge is 2.28. The van der Waals surface area contributed by atoms with Gasteiger partial charge in [-0.05, 0) is 24.7 Å². The highest BCUT2D eigenvalue weighted by Crippen LogP contribution is 2.22. The van der Waals surface area contributed by atoms with Crippen LogP contribution >= 0.6 is 11.6 Å². The molecule has 1 aliphatic heterocycles. The molecule has 1 aromatic heterocycles. The summed E-state index contributed by atoms with van der Waals surface area (Å²) in [6, 6.07) is 6.75. The van der Waals surface area contributed by atoms with Gasteiger partial charge in [-0.2, -0.15) is 0 Å². The monoisotopic (exact) mass is 392 g/mol. The number of amides is 1. The van der Waals surface area contributed by atoms with Crippen molar-refractivity contribution in [2.45, 2.75) is 12.6 Å². The number of halogens is 1. The molecule has 1 unspecified atom stereocenters. The molecule has 1 aromatic carbocycles. The van der Waals surface area contributed by atoms with Gasteiger partial charge in [-0.15, -0.1) is 0 Å². The number of nitrogens with zero attached hydrogens (tertiary/aromatic N) is 3. The zero-order valence-electron chi connectivity index (χ0n) is 15.1. The van der Waals surface area contributed by atoms with E-state index >= 15 is 0 Å². The molecule has 0 radical (unpaired) electrons. The number of hydrogen-bond donors (Lipinski definition) is 2. The zero-order chi connectivity index (χ0) is 19.6. The van der Waals surface area contributed by atoms with Gasteiger partial charge in [0.1, 0.15) is 5.82 Å². The fourth-order valence-electron chi connectivity index (χ4n) is 2.93. The first-order valence-corrected chi connectivity index (χ1v) is 8.86. The summed E-state index contributed by atoms with van der Waals surface area (Å²) < 4.78 is 6.73. The molecule has 1 amide bonds. The van der Waals surface area contributed by atoms with Crippen LogP contribution in [0.2, 0.25) is 5.02 Å². The highest BCUT2D eigenvalue weighted by atomic mass is 35.5. The standard InChI is InChI=1S/C18H21ClN4O4/c1-22-6-7-27-10-13(22)16-21-14(15(24)18(26)23(16)2)17(25)20-9-11-4-3-5-12(19)8-11/h3-5,8,13,24H,6-7,9-10H2,1-2H3,(H,20,25). The van der Waals surface area contributed by atoms with Crippen LogP contribution in [0.5, 0.6) is 5.75 Å². The van der Waals surface area contributed by atoms with Crippen molar-refractivity contribution in [3.8, 4) is 5.75 Å². The average Bonchev–Trinajstić information content (AvgIpc) is 2.65. The Labute approximate surface area is 161 Å². The molecular weight excluding hydrogens is 372 g/mol. The van der Waals surface area contributed by atoms with E-state index in [4.69, 9.17) is 16.3 Å². The SMILES string of the molecule is CN1CCOCC1c1nc(C(=O)NCc2cccc(Cl)c2)c(O)c(=O)n1C. The van der Waals surface area contributed by atoms with Gasteiger partial charge in [0.25, 0.3) is 11.5 Å². The smallest absolute Gasteiger partial charge is 0.296 e. The summed E-state index contributed by atoms with van der Waals surface area (Å²) in [5.41, 5.74) is -0.180. The number of rotatable bonds is 4. The van der Waals surface area contributed by atoms with Gasteiger partial charge < -0.3 is 15.2 Å². The Bertz CT molecular complexity index is 915. The van der Waals surface area contributed by atoms with Crippen molar-refractivity contribution < 1.29 is 14.6 Å². The predicted octanol–water partition coefficient (Wildman–Crippen LogP) is 1.07. The Hall–Kier alpha value is -2.42. The average molecular weight is 393 g/mol. The first kappa shape index (κ1) is 19.3. The minimum absolute atomic E-state index is 0.192. The van der Waals surface area contributed by atoms with E-state index in [9.17, 15) is 14.7 Å². The van der Waals surface area contributed by atoms with E-state index in [-0.39, 0.29) is 18.3 Å². The van der Waals surface area contributed by atoms with Crippen molar-refractivity contribution in [2.24, 2.45) is 7.05 Å². The molecule has 0 saturated carbocycles. The maximum absolute atomic E-state index is 12.5. The number of ether oxygens (including phenoxy) is 1. The number of aromatic nitrogens is 2. The number of nitrogens with one attached hydrogen (secondary N) is 1. The molecule has 2 aromatic rings. The molecule has 2 heterocycles. The van der Waals surface area contributed by atoms with Gasteiger partial charge in [-0.3, -0.25) is 19.1 Å². The molecule has 3 rings (SSSR count). The number of carbonyl (C=O) groups excluding carboxylic acids is 1. The van der Waals surface area contributed by atoms with Crippen LogP contribution in [0.4, 0.5) is 0 Å². The van der Waals surface area contributed by atoms with Gasteiger partial charge in [0.2, 0.25) is 5.75 Å². The Kier molecular flexibility index (Phi) is 5.79. The van der Waals surface area contributed by atoms with Crippen LogP contribution in [-0.2, 0) is 18.3 Å². The molecule has 0 spiro atoms. The number of morpholine rings is 1. The molecule has 144 valence electrons. The summed E-state index contributed by atoms with van der Waals surface area (Å²) in [5.74, 6) is -0.942. The lowest BCUT2D eigenvalue weighted by atomic mass is 10.2. The fourth-order valence-corrected chi connectivity index (χ4v) is 3.15. The third-order valence-corrected chi connectivity index (χ3v) is 4.79. The van der Waals surface area contributed by atoms with Gasteiger partial charge >= 0.3 is 0 Å². The largest absolute Gasteiger partial charge is 0.501 e. The maximum atomic E-state index is 12.5. The fraction of sp³-hybridized carbons (Fsp3) is 0.389. The van der Waals surface area contributed by atoms with Crippen molar-refractivity contribution in [1.82, 2.24) is 19.8 Å². The lowest BCUT2D eigenvalue weighted by molar-refractivity contribution is 0.000180. The number of aromatic hydroxyl groups is 1. The molecule has 1 fully saturated rings. The lowest BCUT2D eigenvalue weighted by Gasteiger charge is -2.32. The van der Waals surface area contributed by atoms with E-state index in [0.29, 0.717) is 30.6 Å². The Balaban J connectivity index is 1.88. The van der Waals surface area contributed by atoms with Gasteiger partial charge in [0, 0.05) is 25.2 Å². The van der Waals surface area contributed by atoms with Crippen LogP contribution in [0, 0.1) is 0 Å². The molecule has 2 N–H and O–H groups in total. The van der Waals surface area contributed by atoms with Crippen LogP contribution < -0.4 is 10.9 Å². The first-order chi connectivity index (χ1) is 12.9. The van der Waals surface area contributed by atoms with Crippen molar-refractivity contribution in [2.75, 3.05) is 26.8 Å². The predicted molar refractivity (Wildman–Crippen MR) is 100.0 cm³/mol. The van der Waals surface area contributed by atoms with E-state index in [2.05, 4.69) is 10.3 Å². The molecule has 8 nitrogen and oxygen atoms in total. The lowest BCUT2D eigenvalue weighted by Crippen LogP contribution is -2.41. The second kappa shape index (κ2) is 8.08. The summed E-state index contributed by atoms with van der Waals surface area (Å²) >= 11 is 5.94. The third-order valence-electron chi connectivity index (χ3n) is 4.55. The van der Waals surface area contributed by atoms with Crippen LogP contribution in [-0.4, -0.2) is 52.3 Å². The molecule has 1 saturated heterocycles. The van der Waals surface area contributed by atoms with Gasteiger partial charge in [-0.25, -0.2) is 4.98 Å². The quantitative estimate of drug-likeness (QED) is 0.808. The molecule has 0 aliphatic carbocycles. The minimum atomic E-state index is -0.677. The van der Waals surface area contributed by atoms with E-state index in [1.807, 2.05) is 18.0 Å². The zero-order valence-corrected chi connectivity index (χ0v) is 15.9. The van der Waals surface area contributed by atoms with Crippen LogP contribution in [0.25, 0.3) is 0 Å². The normalized spacial score (nSPS) is 17.7. The van der Waals surface area contributed by atoms with Crippen LogP contribution in [0.1, 0.15) is 27.9 Å². The van der Waals surface area contributed by atoms with Crippen LogP contribution in [0.3, 0.4) is 0 Å². The van der Waals surface area contributed by atoms with E-state index in [1.165, 1.54) is 11.6 Å². The molecule has 27 heavy (non-hydrogen) atoms.